The Kier molecular flexibility index (Phi) is 8.12. The molecular formula is C33H37N3O7. The topological polar surface area (TPSA) is 111 Å². The van der Waals surface area contributed by atoms with Crippen LogP contribution in [0, 0.1) is 13.8 Å². The summed E-state index contributed by atoms with van der Waals surface area (Å²) in [5, 5.41) is 3.08. The summed E-state index contributed by atoms with van der Waals surface area (Å²) in [7, 11) is 1.59. The zero-order valence-electron chi connectivity index (χ0n) is 24.8. The number of benzene rings is 2. The van der Waals surface area contributed by atoms with E-state index in [4.69, 9.17) is 18.6 Å². The van der Waals surface area contributed by atoms with Gasteiger partial charge in [-0.05, 0) is 74.6 Å². The molecule has 3 aromatic rings. The lowest BCUT2D eigenvalue weighted by Crippen LogP contribution is -2.49. The minimum Gasteiger partial charge on any atom is -0.493 e. The molecule has 1 saturated heterocycles. The number of carbonyl (C=O) groups excluding carboxylic acids is 3. The van der Waals surface area contributed by atoms with Crippen LogP contribution in [-0.2, 0) is 27.4 Å². The summed E-state index contributed by atoms with van der Waals surface area (Å²) in [4.78, 5) is 43.5. The zero-order valence-corrected chi connectivity index (χ0v) is 24.8. The molecule has 0 unspecified atom stereocenters. The summed E-state index contributed by atoms with van der Waals surface area (Å²) in [6.45, 7) is 4.39. The Hall–Kier alpha value is -4.31. The van der Waals surface area contributed by atoms with Gasteiger partial charge < -0.3 is 33.7 Å². The van der Waals surface area contributed by atoms with Crippen LogP contribution in [0.4, 0.5) is 0 Å². The first-order chi connectivity index (χ1) is 20.8. The van der Waals surface area contributed by atoms with Crippen molar-refractivity contribution in [3.05, 3.63) is 76.7 Å². The van der Waals surface area contributed by atoms with E-state index in [-0.39, 0.29) is 49.9 Å². The number of ether oxygens (including phenoxy) is 3. The molecule has 1 aliphatic carbocycles. The Morgan fingerprint density at radius 2 is 1.84 bits per heavy atom. The molecule has 2 atom stereocenters. The number of methoxy groups -OCH3 is 1. The number of fused-ring (bicyclic) bond motifs is 9. The Labute approximate surface area is 250 Å². The van der Waals surface area contributed by atoms with Crippen LogP contribution in [0.5, 0.6) is 17.2 Å². The van der Waals surface area contributed by atoms with E-state index in [0.717, 1.165) is 24.0 Å². The number of aryl methyl sites for hydroxylation is 3. The van der Waals surface area contributed by atoms with Gasteiger partial charge in [0.1, 0.15) is 17.3 Å². The molecule has 10 nitrogen and oxygen atoms in total. The summed E-state index contributed by atoms with van der Waals surface area (Å²) in [5.74, 6) is 2.50. The predicted molar refractivity (Wildman–Crippen MR) is 157 cm³/mol. The van der Waals surface area contributed by atoms with E-state index in [1.165, 1.54) is 0 Å². The van der Waals surface area contributed by atoms with Crippen molar-refractivity contribution in [1.82, 2.24) is 15.1 Å². The van der Waals surface area contributed by atoms with Crippen molar-refractivity contribution in [2.45, 2.75) is 64.3 Å². The Balaban J connectivity index is 1.28. The highest BCUT2D eigenvalue weighted by atomic mass is 16.5. The van der Waals surface area contributed by atoms with Crippen LogP contribution in [0.1, 0.15) is 52.3 Å². The van der Waals surface area contributed by atoms with Crippen molar-refractivity contribution < 1.29 is 33.0 Å². The van der Waals surface area contributed by atoms with Gasteiger partial charge in [-0.15, -0.1) is 0 Å². The van der Waals surface area contributed by atoms with Crippen molar-refractivity contribution in [3.8, 4) is 17.2 Å². The lowest BCUT2D eigenvalue weighted by atomic mass is 10.1. The van der Waals surface area contributed by atoms with E-state index in [1.807, 2.05) is 42.5 Å². The van der Waals surface area contributed by atoms with Gasteiger partial charge in [-0.25, -0.2) is 0 Å². The van der Waals surface area contributed by atoms with E-state index in [2.05, 4.69) is 5.32 Å². The molecule has 2 fully saturated rings. The number of amides is 3. The summed E-state index contributed by atoms with van der Waals surface area (Å²) in [6, 6.07) is 14.6. The van der Waals surface area contributed by atoms with Crippen LogP contribution < -0.4 is 14.8 Å². The monoisotopic (exact) mass is 587 g/mol. The minimum absolute atomic E-state index is 0.0289. The first kappa shape index (κ1) is 28.8. The highest BCUT2D eigenvalue weighted by Gasteiger charge is 2.39. The number of nitrogens with zero attached hydrogens (tertiary/aromatic N) is 2. The molecule has 10 heteroatoms. The Bertz CT molecular complexity index is 1530. The Morgan fingerprint density at radius 3 is 2.58 bits per heavy atom. The van der Waals surface area contributed by atoms with Gasteiger partial charge in [0, 0.05) is 25.6 Å². The third-order valence-electron chi connectivity index (χ3n) is 8.24. The van der Waals surface area contributed by atoms with E-state index < -0.39 is 12.1 Å². The normalized spacial score (nSPS) is 21.4. The summed E-state index contributed by atoms with van der Waals surface area (Å²) >= 11 is 0. The molecule has 1 N–H and O–H groups in total. The molecule has 2 aromatic carbocycles. The van der Waals surface area contributed by atoms with Crippen molar-refractivity contribution in [1.29, 1.82) is 0 Å². The second-order valence-corrected chi connectivity index (χ2v) is 11.5. The average Bonchev–Trinajstić information content (AvgIpc) is 3.67. The number of hydrogen-bond donors (Lipinski definition) is 1. The van der Waals surface area contributed by atoms with Gasteiger partial charge in [-0.3, -0.25) is 14.4 Å². The van der Waals surface area contributed by atoms with Gasteiger partial charge in [-0.1, -0.05) is 18.2 Å². The van der Waals surface area contributed by atoms with E-state index in [9.17, 15) is 14.4 Å². The zero-order chi connectivity index (χ0) is 30.1. The lowest BCUT2D eigenvalue weighted by molar-refractivity contribution is -0.137. The maximum atomic E-state index is 13.4. The fourth-order valence-corrected chi connectivity index (χ4v) is 5.85. The second-order valence-electron chi connectivity index (χ2n) is 11.5. The molecule has 226 valence electrons. The van der Waals surface area contributed by atoms with Gasteiger partial charge in [-0.2, -0.15) is 0 Å². The summed E-state index contributed by atoms with van der Waals surface area (Å²) in [5.41, 5.74) is 2.33. The van der Waals surface area contributed by atoms with E-state index in [0.29, 0.717) is 47.3 Å². The minimum atomic E-state index is -0.453. The van der Waals surface area contributed by atoms with Crippen LogP contribution in [-0.4, -0.2) is 72.5 Å². The highest BCUT2D eigenvalue weighted by Crippen LogP contribution is 2.34. The van der Waals surface area contributed by atoms with Crippen molar-refractivity contribution >= 4 is 17.7 Å². The van der Waals surface area contributed by atoms with Gasteiger partial charge in [0.15, 0.2) is 11.5 Å². The lowest BCUT2D eigenvalue weighted by Gasteiger charge is -2.25. The smallest absolute Gasteiger partial charge is 0.257 e. The molecule has 43 heavy (non-hydrogen) atoms. The van der Waals surface area contributed by atoms with Gasteiger partial charge in [0.05, 0.1) is 38.0 Å². The average molecular weight is 588 g/mol. The SMILES string of the molecule is COc1cc2ccc1Oc1cccc(c1)CO[C@H]1CN(C(=O)c3cc(C)oc3C)C[C@@H]1NC(=O)CN(C1CC1)C(=O)CC2. The van der Waals surface area contributed by atoms with Crippen LogP contribution >= 0.6 is 0 Å². The maximum Gasteiger partial charge on any atom is 0.257 e. The molecule has 1 saturated carbocycles. The van der Waals surface area contributed by atoms with Crippen molar-refractivity contribution in [3.63, 3.8) is 0 Å². The quantitative estimate of drug-likeness (QED) is 0.490. The van der Waals surface area contributed by atoms with Crippen molar-refractivity contribution in [2.24, 2.45) is 0 Å². The van der Waals surface area contributed by atoms with Crippen LogP contribution in [0.2, 0.25) is 0 Å². The van der Waals surface area contributed by atoms with Crippen molar-refractivity contribution in [2.75, 3.05) is 26.7 Å². The number of nitrogens with one attached hydrogen (secondary N) is 1. The third kappa shape index (κ3) is 6.54. The second kappa shape index (κ2) is 12.1. The molecule has 3 aliphatic heterocycles. The van der Waals surface area contributed by atoms with Crippen LogP contribution in [0.15, 0.2) is 52.9 Å². The fraction of sp³-hybridized carbons (Fsp3) is 0.424. The van der Waals surface area contributed by atoms with Crippen LogP contribution in [0.25, 0.3) is 0 Å². The predicted octanol–water partition coefficient (Wildman–Crippen LogP) is 4.16. The summed E-state index contributed by atoms with van der Waals surface area (Å²) < 4.78 is 23.7. The molecule has 0 radical (unpaired) electrons. The number of furan rings is 1. The molecular weight excluding hydrogens is 550 g/mol. The number of hydrogen-bond acceptors (Lipinski definition) is 7. The third-order valence-corrected chi connectivity index (χ3v) is 8.24. The molecule has 4 aliphatic rings. The van der Waals surface area contributed by atoms with Gasteiger partial charge in [0.2, 0.25) is 11.8 Å². The molecule has 3 amide bonds. The summed E-state index contributed by atoms with van der Waals surface area (Å²) in [6.07, 6.45) is 2.11. The fourth-order valence-electron chi connectivity index (χ4n) is 5.85. The van der Waals surface area contributed by atoms with Gasteiger partial charge in [0.25, 0.3) is 5.91 Å². The number of likely N-dealkylation sites (tertiary alicyclic amines) is 1. The number of rotatable bonds is 3. The standard InChI is InChI=1S/C33H37N3O7/c1-20-13-26(21(2)42-20)33(39)35-16-27-30(17-35)41-19-23-5-4-6-25(14-23)43-28-11-7-22(15-29(28)40-3)8-12-32(38)36(24-9-10-24)18-31(37)34-27/h4-7,11,13-15,24,27,30H,8-10,12,16-19H2,1-3H3,(H,34,37)/t27-,30-/m0/s1. The number of carbonyl (C=O) groups is 3. The highest BCUT2D eigenvalue weighted by molar-refractivity contribution is 5.95. The largest absolute Gasteiger partial charge is 0.493 e. The maximum absolute atomic E-state index is 13.4. The Morgan fingerprint density at radius 1 is 1.00 bits per heavy atom. The van der Waals surface area contributed by atoms with Gasteiger partial charge >= 0.3 is 0 Å². The molecule has 4 bridgehead atoms. The first-order valence-corrected chi connectivity index (χ1v) is 14.8. The molecule has 0 spiro atoms. The van der Waals surface area contributed by atoms with Crippen LogP contribution in [0.3, 0.4) is 0 Å². The first-order valence-electron chi connectivity index (χ1n) is 14.8. The van der Waals surface area contributed by atoms with E-state index >= 15 is 0 Å². The van der Waals surface area contributed by atoms with E-state index in [1.54, 1.807) is 36.8 Å². The molecule has 7 rings (SSSR count). The molecule has 4 heterocycles. The molecule has 1 aromatic heterocycles.